The summed E-state index contributed by atoms with van der Waals surface area (Å²) in [6, 6.07) is 6.04. The molecule has 0 aliphatic rings. The zero-order chi connectivity index (χ0) is 14.3. The van der Waals surface area contributed by atoms with Gasteiger partial charge in [-0.25, -0.2) is 4.79 Å². The van der Waals surface area contributed by atoms with Gasteiger partial charge in [0, 0.05) is 30.0 Å². The number of anilines is 2. The van der Waals surface area contributed by atoms with E-state index in [1.165, 1.54) is 6.92 Å². The van der Waals surface area contributed by atoms with E-state index in [9.17, 15) is 14.4 Å². The average Bonchev–Trinajstić information content (AvgIpc) is 2.28. The molecule has 0 atom stereocenters. The van der Waals surface area contributed by atoms with Gasteiger partial charge in [-0.15, -0.1) is 0 Å². The number of hydrogen-bond acceptors (Lipinski definition) is 3. The average molecular weight is 328 g/mol. The van der Waals surface area contributed by atoms with Crippen molar-refractivity contribution in [3.8, 4) is 0 Å². The predicted octanol–water partition coefficient (Wildman–Crippen LogP) is 2.08. The molecule has 0 unspecified atom stereocenters. The van der Waals surface area contributed by atoms with Gasteiger partial charge in [0.25, 0.3) is 0 Å². The first-order chi connectivity index (χ1) is 9.01. The molecule has 0 aromatic heterocycles. The summed E-state index contributed by atoms with van der Waals surface area (Å²) in [6.45, 7) is 1.25. The molecule has 0 aliphatic carbocycles. The molecule has 1 aromatic rings. The Balaban J connectivity index is 2.64. The number of alkyl halides is 1. The number of rotatable bonds is 4. The van der Waals surface area contributed by atoms with Gasteiger partial charge in [0.1, 0.15) is 0 Å². The van der Waals surface area contributed by atoms with E-state index in [4.69, 9.17) is 0 Å². The van der Waals surface area contributed by atoms with Crippen molar-refractivity contribution in [2.45, 2.75) is 13.3 Å². The van der Waals surface area contributed by atoms with Crippen molar-refractivity contribution in [3.05, 3.63) is 24.3 Å². The fraction of sp³-hybridized carbons (Fsp3) is 0.250. The number of urea groups is 1. The molecule has 0 aliphatic heterocycles. The number of hydrogen-bond donors (Lipinski definition) is 3. The van der Waals surface area contributed by atoms with Crippen LogP contribution in [0.1, 0.15) is 13.3 Å². The minimum absolute atomic E-state index is 0.123. The van der Waals surface area contributed by atoms with Crippen molar-refractivity contribution in [2.24, 2.45) is 0 Å². The van der Waals surface area contributed by atoms with Crippen LogP contribution >= 0.6 is 15.9 Å². The first kappa shape index (κ1) is 15.2. The molecule has 4 amide bonds. The van der Waals surface area contributed by atoms with Crippen LogP contribution in [-0.4, -0.2) is 23.2 Å². The molecule has 0 spiro atoms. The maximum absolute atomic E-state index is 11.4. The van der Waals surface area contributed by atoms with E-state index in [0.29, 0.717) is 23.1 Å². The largest absolute Gasteiger partial charge is 0.326 e. The topological polar surface area (TPSA) is 87.3 Å². The normalized spacial score (nSPS) is 9.58. The summed E-state index contributed by atoms with van der Waals surface area (Å²) in [5.74, 6) is -0.568. The Hall–Kier alpha value is -1.89. The first-order valence-electron chi connectivity index (χ1n) is 5.55. The van der Waals surface area contributed by atoms with Crippen LogP contribution < -0.4 is 16.0 Å². The lowest BCUT2D eigenvalue weighted by molar-refractivity contribution is -0.118. The number of imide groups is 1. The van der Waals surface area contributed by atoms with Gasteiger partial charge in [-0.3, -0.25) is 14.9 Å². The zero-order valence-corrected chi connectivity index (χ0v) is 11.9. The Labute approximate surface area is 119 Å². The lowest BCUT2D eigenvalue weighted by atomic mass is 10.2. The molecule has 6 nitrogen and oxygen atoms in total. The second-order valence-corrected chi connectivity index (χ2v) is 4.50. The monoisotopic (exact) mass is 327 g/mol. The van der Waals surface area contributed by atoms with Gasteiger partial charge in [0.05, 0.1) is 0 Å². The maximum Gasteiger partial charge on any atom is 0.325 e. The summed E-state index contributed by atoms with van der Waals surface area (Å²) in [4.78, 5) is 33.4. The summed E-state index contributed by atoms with van der Waals surface area (Å²) >= 11 is 3.18. The smallest absolute Gasteiger partial charge is 0.325 e. The highest BCUT2D eigenvalue weighted by Gasteiger charge is 2.05. The molecule has 0 radical (unpaired) electrons. The van der Waals surface area contributed by atoms with E-state index in [2.05, 4.69) is 31.9 Å². The molecular formula is C12H14BrN3O3. The van der Waals surface area contributed by atoms with Crippen LogP contribution in [0, 0.1) is 0 Å². The van der Waals surface area contributed by atoms with Gasteiger partial charge in [-0.1, -0.05) is 22.0 Å². The van der Waals surface area contributed by atoms with Crippen LogP contribution in [0.3, 0.4) is 0 Å². The third kappa shape index (κ3) is 6.01. The van der Waals surface area contributed by atoms with Gasteiger partial charge < -0.3 is 10.6 Å². The summed E-state index contributed by atoms with van der Waals surface area (Å²) in [5.41, 5.74) is 1.06. The van der Waals surface area contributed by atoms with E-state index < -0.39 is 11.9 Å². The number of benzene rings is 1. The van der Waals surface area contributed by atoms with Gasteiger partial charge in [0.15, 0.2) is 0 Å². The van der Waals surface area contributed by atoms with Crippen LogP contribution in [0.25, 0.3) is 0 Å². The van der Waals surface area contributed by atoms with Crippen molar-refractivity contribution < 1.29 is 14.4 Å². The van der Waals surface area contributed by atoms with Crippen molar-refractivity contribution in [2.75, 3.05) is 16.0 Å². The van der Waals surface area contributed by atoms with Crippen molar-refractivity contribution >= 4 is 45.2 Å². The molecule has 102 valence electrons. The van der Waals surface area contributed by atoms with Gasteiger partial charge in [0.2, 0.25) is 11.8 Å². The summed E-state index contributed by atoms with van der Waals surface area (Å²) in [5, 5.41) is 7.85. The zero-order valence-electron chi connectivity index (χ0n) is 10.3. The fourth-order valence-corrected chi connectivity index (χ4v) is 1.67. The summed E-state index contributed by atoms with van der Waals surface area (Å²) in [7, 11) is 0. The summed E-state index contributed by atoms with van der Waals surface area (Å²) < 4.78 is 0. The van der Waals surface area contributed by atoms with Gasteiger partial charge in [-0.2, -0.15) is 0 Å². The second kappa shape index (κ2) is 7.52. The first-order valence-corrected chi connectivity index (χ1v) is 6.68. The minimum atomic E-state index is -0.614. The Bertz CT molecular complexity index is 491. The molecule has 19 heavy (non-hydrogen) atoms. The molecule has 3 N–H and O–H groups in total. The summed E-state index contributed by atoms with van der Waals surface area (Å²) in [6.07, 6.45) is 0.364. The lowest BCUT2D eigenvalue weighted by Gasteiger charge is -2.08. The number of carbonyl (C=O) groups is 3. The van der Waals surface area contributed by atoms with Crippen LogP contribution in [-0.2, 0) is 9.59 Å². The standard InChI is InChI=1S/C12H14BrN3O3/c1-8(17)14-12(19)16-10-4-2-3-9(7-10)15-11(18)5-6-13/h2-4,7H,5-6H2,1H3,(H,15,18)(H2,14,16,17,19). The van der Waals surface area contributed by atoms with Crippen LogP contribution in [0.2, 0.25) is 0 Å². The Morgan fingerprint density at radius 1 is 1.16 bits per heavy atom. The van der Waals surface area contributed by atoms with Gasteiger partial charge >= 0.3 is 6.03 Å². The van der Waals surface area contributed by atoms with E-state index in [0.717, 1.165) is 0 Å². The highest BCUT2D eigenvalue weighted by molar-refractivity contribution is 9.09. The van der Waals surface area contributed by atoms with Crippen molar-refractivity contribution in [3.63, 3.8) is 0 Å². The number of nitrogens with one attached hydrogen (secondary N) is 3. The molecule has 1 rings (SSSR count). The molecule has 1 aromatic carbocycles. The Morgan fingerprint density at radius 3 is 2.37 bits per heavy atom. The molecule has 7 heteroatoms. The van der Waals surface area contributed by atoms with E-state index in [1.807, 2.05) is 0 Å². The van der Waals surface area contributed by atoms with Crippen LogP contribution in [0.15, 0.2) is 24.3 Å². The van der Waals surface area contributed by atoms with Crippen molar-refractivity contribution in [1.29, 1.82) is 0 Å². The third-order valence-corrected chi connectivity index (χ3v) is 2.41. The number of amides is 4. The van der Waals surface area contributed by atoms with Crippen molar-refractivity contribution in [1.82, 2.24) is 5.32 Å². The Kier molecular flexibility index (Phi) is 6.01. The number of halogens is 1. The molecular weight excluding hydrogens is 314 g/mol. The molecule has 0 saturated heterocycles. The molecule has 0 bridgehead atoms. The predicted molar refractivity (Wildman–Crippen MR) is 76.3 cm³/mol. The van der Waals surface area contributed by atoms with E-state index in [-0.39, 0.29) is 5.91 Å². The minimum Gasteiger partial charge on any atom is -0.326 e. The Morgan fingerprint density at radius 2 is 1.79 bits per heavy atom. The molecule has 0 saturated carbocycles. The molecule has 0 fully saturated rings. The fourth-order valence-electron chi connectivity index (χ4n) is 1.31. The molecule has 0 heterocycles. The highest BCUT2D eigenvalue weighted by Crippen LogP contribution is 2.15. The van der Waals surface area contributed by atoms with Gasteiger partial charge in [-0.05, 0) is 18.2 Å². The highest BCUT2D eigenvalue weighted by atomic mass is 79.9. The van der Waals surface area contributed by atoms with E-state index >= 15 is 0 Å². The quantitative estimate of drug-likeness (QED) is 0.740. The van der Waals surface area contributed by atoms with Crippen LogP contribution in [0.5, 0.6) is 0 Å². The second-order valence-electron chi connectivity index (χ2n) is 3.70. The number of carbonyl (C=O) groups excluding carboxylic acids is 3. The third-order valence-electron chi connectivity index (χ3n) is 2.02. The maximum atomic E-state index is 11.4. The van der Waals surface area contributed by atoms with Crippen LogP contribution in [0.4, 0.5) is 16.2 Å². The SMILES string of the molecule is CC(=O)NC(=O)Nc1cccc(NC(=O)CCBr)c1. The van der Waals surface area contributed by atoms with E-state index in [1.54, 1.807) is 24.3 Å². The lowest BCUT2D eigenvalue weighted by Crippen LogP contribution is -2.32.